The quantitative estimate of drug-likeness (QED) is 0.647. The van der Waals surface area contributed by atoms with Crippen LogP contribution >= 0.6 is 0 Å². The molecule has 1 aromatic heterocycles. The molecular weight excluding hydrogens is 248 g/mol. The average Bonchev–Trinajstić information content (AvgIpc) is 3.27. The minimum Gasteiger partial charge on any atom is -0.384 e. The lowest BCUT2D eigenvalue weighted by molar-refractivity contribution is 0.733. The highest BCUT2D eigenvalue weighted by Crippen LogP contribution is 2.32. The Labute approximate surface area is 119 Å². The summed E-state index contributed by atoms with van der Waals surface area (Å²) in [5, 5.41) is 8.86. The second kappa shape index (κ2) is 5.12. The van der Waals surface area contributed by atoms with Crippen LogP contribution in [-0.4, -0.2) is 23.9 Å². The number of aromatic nitrogens is 1. The summed E-state index contributed by atoms with van der Waals surface area (Å²) in [7, 11) is 0. The summed E-state index contributed by atoms with van der Waals surface area (Å²) in [5.41, 5.74) is 7.46. The number of rotatable bonds is 5. The Balaban J connectivity index is 2.09. The minimum absolute atomic E-state index is 0.0903. The first-order valence-electron chi connectivity index (χ1n) is 7.18. The Morgan fingerprint density at radius 2 is 2.15 bits per heavy atom. The molecule has 3 N–H and O–H groups in total. The molecule has 0 spiro atoms. The van der Waals surface area contributed by atoms with Crippen LogP contribution in [0.1, 0.15) is 25.3 Å². The lowest BCUT2D eigenvalue weighted by atomic mass is 10.1. The molecule has 4 nitrogen and oxygen atoms in total. The van der Waals surface area contributed by atoms with Gasteiger partial charge in [-0.25, -0.2) is 4.98 Å². The molecule has 0 aliphatic heterocycles. The van der Waals surface area contributed by atoms with Gasteiger partial charge in [-0.1, -0.05) is 18.2 Å². The summed E-state index contributed by atoms with van der Waals surface area (Å²) >= 11 is 0. The fraction of sp³-hybridized carbons (Fsp3) is 0.375. The van der Waals surface area contributed by atoms with Crippen LogP contribution < -0.4 is 10.6 Å². The number of pyridine rings is 1. The zero-order valence-electron chi connectivity index (χ0n) is 11.8. The topological polar surface area (TPSA) is 66.0 Å². The molecule has 0 radical (unpaired) electrons. The van der Waals surface area contributed by atoms with E-state index in [0.717, 1.165) is 41.3 Å². The fourth-order valence-corrected chi connectivity index (χ4v) is 2.52. The van der Waals surface area contributed by atoms with Crippen molar-refractivity contribution in [2.24, 2.45) is 11.7 Å². The van der Waals surface area contributed by atoms with Crippen LogP contribution in [0, 0.1) is 11.3 Å². The molecule has 0 unspecified atom stereocenters. The average molecular weight is 268 g/mol. The highest BCUT2D eigenvalue weighted by Gasteiger charge is 2.26. The standard InChI is InChI=1S/C16H20N4/c1-2-20(10-11-7-8-11)16-13(15(17)18)9-12-5-3-4-6-14(12)19-16/h3-6,9,11H,2,7-8,10H2,1H3,(H3,17,18). The number of nitrogens with one attached hydrogen (secondary N) is 1. The molecule has 4 heteroatoms. The molecule has 1 aromatic carbocycles. The molecule has 0 amide bonds. The van der Waals surface area contributed by atoms with E-state index in [-0.39, 0.29) is 5.84 Å². The molecule has 0 bridgehead atoms. The zero-order valence-corrected chi connectivity index (χ0v) is 11.8. The van der Waals surface area contributed by atoms with Crippen LogP contribution in [0.3, 0.4) is 0 Å². The molecule has 1 saturated carbocycles. The molecular formula is C16H20N4. The zero-order chi connectivity index (χ0) is 14.1. The molecule has 0 saturated heterocycles. The van der Waals surface area contributed by atoms with Crippen molar-refractivity contribution < 1.29 is 0 Å². The van der Waals surface area contributed by atoms with Gasteiger partial charge in [0.05, 0.1) is 11.1 Å². The van der Waals surface area contributed by atoms with E-state index < -0.39 is 0 Å². The van der Waals surface area contributed by atoms with Crippen LogP contribution in [0.25, 0.3) is 10.9 Å². The number of amidine groups is 1. The predicted molar refractivity (Wildman–Crippen MR) is 83.4 cm³/mol. The number of hydrogen-bond donors (Lipinski definition) is 2. The first-order chi connectivity index (χ1) is 9.69. The van der Waals surface area contributed by atoms with Crippen molar-refractivity contribution in [3.05, 3.63) is 35.9 Å². The number of hydrogen-bond acceptors (Lipinski definition) is 3. The molecule has 1 heterocycles. The van der Waals surface area contributed by atoms with E-state index in [2.05, 4.69) is 11.8 Å². The highest BCUT2D eigenvalue weighted by atomic mass is 15.2. The first kappa shape index (κ1) is 12.9. The highest BCUT2D eigenvalue weighted by molar-refractivity contribution is 6.03. The molecule has 104 valence electrons. The van der Waals surface area contributed by atoms with Gasteiger partial charge in [0.2, 0.25) is 0 Å². The van der Waals surface area contributed by atoms with Crippen molar-refractivity contribution in [2.45, 2.75) is 19.8 Å². The summed E-state index contributed by atoms with van der Waals surface area (Å²) < 4.78 is 0. The van der Waals surface area contributed by atoms with Crippen LogP contribution in [0.5, 0.6) is 0 Å². The van der Waals surface area contributed by atoms with Gasteiger partial charge in [0, 0.05) is 18.5 Å². The van der Waals surface area contributed by atoms with Gasteiger partial charge in [-0.2, -0.15) is 0 Å². The number of nitrogens with zero attached hydrogens (tertiary/aromatic N) is 2. The fourth-order valence-electron chi connectivity index (χ4n) is 2.52. The third kappa shape index (κ3) is 2.46. The van der Waals surface area contributed by atoms with E-state index in [1.54, 1.807) is 0 Å². The summed E-state index contributed by atoms with van der Waals surface area (Å²) in [5.74, 6) is 1.72. The summed E-state index contributed by atoms with van der Waals surface area (Å²) in [6.07, 6.45) is 2.61. The lowest BCUT2D eigenvalue weighted by Gasteiger charge is -2.24. The predicted octanol–water partition coefficient (Wildman–Crippen LogP) is 2.76. The Morgan fingerprint density at radius 1 is 1.40 bits per heavy atom. The van der Waals surface area contributed by atoms with Crippen molar-refractivity contribution in [3.63, 3.8) is 0 Å². The SMILES string of the molecule is CCN(CC1CC1)c1nc2ccccc2cc1C(=N)N. The largest absolute Gasteiger partial charge is 0.384 e. The van der Waals surface area contributed by atoms with E-state index in [1.165, 1.54) is 12.8 Å². The first-order valence-corrected chi connectivity index (χ1v) is 7.18. The maximum absolute atomic E-state index is 7.83. The van der Waals surface area contributed by atoms with Crippen LogP contribution in [-0.2, 0) is 0 Å². The van der Waals surface area contributed by atoms with Crippen molar-refractivity contribution in [1.82, 2.24) is 4.98 Å². The van der Waals surface area contributed by atoms with E-state index in [9.17, 15) is 0 Å². The van der Waals surface area contributed by atoms with Gasteiger partial charge in [0.1, 0.15) is 11.7 Å². The second-order valence-electron chi connectivity index (χ2n) is 5.45. The summed E-state index contributed by atoms with van der Waals surface area (Å²) in [6, 6.07) is 9.97. The summed E-state index contributed by atoms with van der Waals surface area (Å²) in [6.45, 7) is 4.04. The molecule has 2 aromatic rings. The minimum atomic E-state index is 0.0903. The molecule has 1 aliphatic carbocycles. The van der Waals surface area contributed by atoms with E-state index >= 15 is 0 Å². The molecule has 3 rings (SSSR count). The van der Waals surface area contributed by atoms with E-state index in [0.29, 0.717) is 0 Å². The van der Waals surface area contributed by atoms with Gasteiger partial charge in [0.15, 0.2) is 0 Å². The van der Waals surface area contributed by atoms with E-state index in [1.807, 2.05) is 30.3 Å². The van der Waals surface area contributed by atoms with Gasteiger partial charge in [-0.05, 0) is 37.8 Å². The number of nitrogen functional groups attached to an aromatic ring is 1. The Morgan fingerprint density at radius 3 is 2.80 bits per heavy atom. The normalized spacial score (nSPS) is 14.4. The lowest BCUT2D eigenvalue weighted by Crippen LogP contribution is -2.29. The number of fused-ring (bicyclic) bond motifs is 1. The smallest absolute Gasteiger partial charge is 0.140 e. The second-order valence-corrected chi connectivity index (χ2v) is 5.45. The van der Waals surface area contributed by atoms with Crippen molar-refractivity contribution >= 4 is 22.6 Å². The number of anilines is 1. The third-order valence-electron chi connectivity index (χ3n) is 3.85. The van der Waals surface area contributed by atoms with Crippen LogP contribution in [0.2, 0.25) is 0 Å². The Kier molecular flexibility index (Phi) is 3.30. The molecule has 1 fully saturated rings. The van der Waals surface area contributed by atoms with Gasteiger partial charge >= 0.3 is 0 Å². The van der Waals surface area contributed by atoms with Crippen LogP contribution in [0.4, 0.5) is 5.82 Å². The number of para-hydroxylation sites is 1. The molecule has 20 heavy (non-hydrogen) atoms. The van der Waals surface area contributed by atoms with Crippen LogP contribution in [0.15, 0.2) is 30.3 Å². The van der Waals surface area contributed by atoms with E-state index in [4.69, 9.17) is 16.1 Å². The molecule has 0 atom stereocenters. The van der Waals surface area contributed by atoms with Gasteiger partial charge in [-0.3, -0.25) is 5.41 Å². The van der Waals surface area contributed by atoms with Gasteiger partial charge in [0.25, 0.3) is 0 Å². The Hall–Kier alpha value is -2.10. The van der Waals surface area contributed by atoms with Crippen molar-refractivity contribution in [3.8, 4) is 0 Å². The third-order valence-corrected chi connectivity index (χ3v) is 3.85. The monoisotopic (exact) mass is 268 g/mol. The van der Waals surface area contributed by atoms with Gasteiger partial charge in [-0.15, -0.1) is 0 Å². The maximum Gasteiger partial charge on any atom is 0.140 e. The maximum atomic E-state index is 7.83. The number of benzene rings is 1. The Bertz CT molecular complexity index is 646. The summed E-state index contributed by atoms with van der Waals surface area (Å²) in [4.78, 5) is 7.00. The van der Waals surface area contributed by atoms with Gasteiger partial charge < -0.3 is 10.6 Å². The van der Waals surface area contributed by atoms with Crippen molar-refractivity contribution in [1.29, 1.82) is 5.41 Å². The number of nitrogens with two attached hydrogens (primary N) is 1. The molecule has 1 aliphatic rings. The van der Waals surface area contributed by atoms with Crippen molar-refractivity contribution in [2.75, 3.05) is 18.0 Å².